The SMILES string of the molecule is Cc1cc(C)cc(NC(=O)[C@H](C)Oc2ccc(C)cc2C)c1. The highest BCUT2D eigenvalue weighted by Crippen LogP contribution is 2.21. The third kappa shape index (κ3) is 4.10. The van der Waals surface area contributed by atoms with Crippen molar-refractivity contribution in [1.82, 2.24) is 0 Å². The normalized spacial score (nSPS) is 11.9. The molecule has 0 bridgehead atoms. The lowest BCUT2D eigenvalue weighted by Crippen LogP contribution is -2.30. The molecular weight excluding hydrogens is 274 g/mol. The highest BCUT2D eigenvalue weighted by atomic mass is 16.5. The molecule has 1 amide bonds. The Morgan fingerprint density at radius 3 is 2.18 bits per heavy atom. The van der Waals surface area contributed by atoms with E-state index in [-0.39, 0.29) is 5.91 Å². The van der Waals surface area contributed by atoms with E-state index in [1.165, 1.54) is 5.56 Å². The molecule has 3 nitrogen and oxygen atoms in total. The molecule has 0 aliphatic rings. The molecule has 0 spiro atoms. The van der Waals surface area contributed by atoms with Crippen LogP contribution in [-0.2, 0) is 4.79 Å². The van der Waals surface area contributed by atoms with Crippen LogP contribution < -0.4 is 10.1 Å². The van der Waals surface area contributed by atoms with Crippen LogP contribution in [0.25, 0.3) is 0 Å². The maximum Gasteiger partial charge on any atom is 0.265 e. The fraction of sp³-hybridized carbons (Fsp3) is 0.316. The summed E-state index contributed by atoms with van der Waals surface area (Å²) in [5, 5.41) is 2.91. The molecule has 1 N–H and O–H groups in total. The number of aryl methyl sites for hydroxylation is 4. The Kier molecular flexibility index (Phi) is 4.86. The molecule has 0 saturated carbocycles. The van der Waals surface area contributed by atoms with Gasteiger partial charge in [-0.1, -0.05) is 23.8 Å². The molecule has 0 aromatic heterocycles. The van der Waals surface area contributed by atoms with E-state index >= 15 is 0 Å². The molecule has 2 rings (SSSR count). The molecule has 0 fully saturated rings. The van der Waals surface area contributed by atoms with Crippen molar-refractivity contribution >= 4 is 11.6 Å². The van der Waals surface area contributed by atoms with Gasteiger partial charge in [0.25, 0.3) is 5.91 Å². The monoisotopic (exact) mass is 297 g/mol. The van der Waals surface area contributed by atoms with Crippen LogP contribution in [0.2, 0.25) is 0 Å². The second-order valence-electron chi connectivity index (χ2n) is 5.89. The number of hydrogen-bond donors (Lipinski definition) is 1. The zero-order valence-corrected chi connectivity index (χ0v) is 13.9. The van der Waals surface area contributed by atoms with Crippen molar-refractivity contribution in [1.29, 1.82) is 0 Å². The van der Waals surface area contributed by atoms with Gasteiger partial charge in [0.2, 0.25) is 0 Å². The summed E-state index contributed by atoms with van der Waals surface area (Å²) in [5.74, 6) is 0.596. The maximum atomic E-state index is 12.3. The number of carbonyl (C=O) groups excluding carboxylic acids is 1. The lowest BCUT2D eigenvalue weighted by molar-refractivity contribution is -0.122. The molecule has 0 unspecified atom stereocenters. The number of anilines is 1. The van der Waals surface area contributed by atoms with Crippen LogP contribution >= 0.6 is 0 Å². The number of rotatable bonds is 4. The molecule has 0 heterocycles. The van der Waals surface area contributed by atoms with E-state index in [9.17, 15) is 4.79 Å². The Balaban J connectivity index is 2.05. The lowest BCUT2D eigenvalue weighted by Gasteiger charge is -2.17. The van der Waals surface area contributed by atoms with Gasteiger partial charge in [0.15, 0.2) is 6.10 Å². The van der Waals surface area contributed by atoms with E-state index in [0.717, 1.165) is 28.1 Å². The minimum Gasteiger partial charge on any atom is -0.481 e. The van der Waals surface area contributed by atoms with Crippen LogP contribution in [0.4, 0.5) is 5.69 Å². The molecule has 0 saturated heterocycles. The van der Waals surface area contributed by atoms with Gasteiger partial charge in [-0.2, -0.15) is 0 Å². The summed E-state index contributed by atoms with van der Waals surface area (Å²) in [7, 11) is 0. The molecule has 2 aromatic rings. The molecule has 2 aromatic carbocycles. The van der Waals surface area contributed by atoms with Crippen molar-refractivity contribution in [2.45, 2.75) is 40.7 Å². The minimum absolute atomic E-state index is 0.148. The first-order chi connectivity index (χ1) is 10.3. The fourth-order valence-corrected chi connectivity index (χ4v) is 2.47. The van der Waals surface area contributed by atoms with E-state index in [4.69, 9.17) is 4.74 Å². The highest BCUT2D eigenvalue weighted by Gasteiger charge is 2.16. The number of amides is 1. The van der Waals surface area contributed by atoms with Crippen molar-refractivity contribution in [3.63, 3.8) is 0 Å². The Bertz CT molecular complexity index is 672. The Labute approximate surface area is 132 Å². The Morgan fingerprint density at radius 2 is 1.59 bits per heavy atom. The van der Waals surface area contributed by atoms with Crippen LogP contribution in [0.15, 0.2) is 36.4 Å². The second-order valence-corrected chi connectivity index (χ2v) is 5.89. The second kappa shape index (κ2) is 6.65. The smallest absolute Gasteiger partial charge is 0.265 e. The first kappa shape index (κ1) is 16.1. The predicted octanol–water partition coefficient (Wildman–Crippen LogP) is 4.33. The summed E-state index contributed by atoms with van der Waals surface area (Å²) in [6, 6.07) is 11.9. The van der Waals surface area contributed by atoms with Gasteiger partial charge in [0.05, 0.1) is 0 Å². The van der Waals surface area contributed by atoms with Gasteiger partial charge in [0.1, 0.15) is 5.75 Å². The average Bonchev–Trinajstić information content (AvgIpc) is 2.40. The number of carbonyl (C=O) groups is 1. The highest BCUT2D eigenvalue weighted by molar-refractivity contribution is 5.94. The average molecular weight is 297 g/mol. The molecule has 22 heavy (non-hydrogen) atoms. The van der Waals surface area contributed by atoms with Gasteiger partial charge in [-0.05, 0) is 69.5 Å². The summed E-state index contributed by atoms with van der Waals surface area (Å²) in [5.41, 5.74) is 5.26. The zero-order chi connectivity index (χ0) is 16.3. The quantitative estimate of drug-likeness (QED) is 0.912. The summed E-state index contributed by atoms with van der Waals surface area (Å²) < 4.78 is 5.78. The summed E-state index contributed by atoms with van der Waals surface area (Å²) in [4.78, 5) is 12.3. The fourth-order valence-electron chi connectivity index (χ4n) is 2.47. The van der Waals surface area contributed by atoms with E-state index in [1.54, 1.807) is 6.92 Å². The summed E-state index contributed by atoms with van der Waals surface area (Å²) >= 11 is 0. The van der Waals surface area contributed by atoms with Crippen LogP contribution in [0, 0.1) is 27.7 Å². The summed E-state index contributed by atoms with van der Waals surface area (Å²) in [6.45, 7) is 9.80. The van der Waals surface area contributed by atoms with Gasteiger partial charge >= 0.3 is 0 Å². The minimum atomic E-state index is -0.553. The zero-order valence-electron chi connectivity index (χ0n) is 13.9. The lowest BCUT2D eigenvalue weighted by atomic mass is 10.1. The standard InChI is InChI=1S/C19H23NO2/c1-12-6-7-18(15(4)9-12)22-16(5)19(21)20-17-10-13(2)8-14(3)11-17/h6-11,16H,1-5H3,(H,20,21)/t16-/m0/s1. The number of benzene rings is 2. The molecular formula is C19H23NO2. The molecule has 0 radical (unpaired) electrons. The number of ether oxygens (including phenoxy) is 1. The van der Waals surface area contributed by atoms with E-state index < -0.39 is 6.10 Å². The first-order valence-electron chi connectivity index (χ1n) is 7.48. The van der Waals surface area contributed by atoms with Crippen LogP contribution in [0.3, 0.4) is 0 Å². The van der Waals surface area contributed by atoms with Crippen molar-refractivity contribution in [2.75, 3.05) is 5.32 Å². The molecule has 0 aliphatic heterocycles. The van der Waals surface area contributed by atoms with Crippen molar-refractivity contribution in [3.8, 4) is 5.75 Å². The van der Waals surface area contributed by atoms with Crippen LogP contribution in [0.5, 0.6) is 5.75 Å². The van der Waals surface area contributed by atoms with Gasteiger partial charge < -0.3 is 10.1 Å². The Morgan fingerprint density at radius 1 is 0.955 bits per heavy atom. The molecule has 3 heteroatoms. The van der Waals surface area contributed by atoms with Crippen molar-refractivity contribution < 1.29 is 9.53 Å². The summed E-state index contributed by atoms with van der Waals surface area (Å²) in [6.07, 6.45) is -0.553. The largest absolute Gasteiger partial charge is 0.481 e. The number of nitrogens with one attached hydrogen (secondary N) is 1. The first-order valence-corrected chi connectivity index (χ1v) is 7.48. The number of hydrogen-bond acceptors (Lipinski definition) is 2. The van der Waals surface area contributed by atoms with E-state index in [0.29, 0.717) is 0 Å². The van der Waals surface area contributed by atoms with E-state index in [2.05, 4.69) is 11.4 Å². The van der Waals surface area contributed by atoms with Gasteiger partial charge in [-0.25, -0.2) is 0 Å². The van der Waals surface area contributed by atoms with Gasteiger partial charge in [0, 0.05) is 5.69 Å². The molecule has 1 atom stereocenters. The van der Waals surface area contributed by atoms with Crippen LogP contribution in [0.1, 0.15) is 29.2 Å². The maximum absolute atomic E-state index is 12.3. The van der Waals surface area contributed by atoms with Crippen molar-refractivity contribution in [2.24, 2.45) is 0 Å². The Hall–Kier alpha value is -2.29. The third-order valence-corrected chi connectivity index (χ3v) is 3.49. The van der Waals surface area contributed by atoms with Crippen molar-refractivity contribution in [3.05, 3.63) is 58.7 Å². The topological polar surface area (TPSA) is 38.3 Å². The van der Waals surface area contributed by atoms with Crippen LogP contribution in [-0.4, -0.2) is 12.0 Å². The van der Waals surface area contributed by atoms with E-state index in [1.807, 2.05) is 58.0 Å². The predicted molar refractivity (Wildman–Crippen MR) is 90.6 cm³/mol. The molecule has 0 aliphatic carbocycles. The van der Waals surface area contributed by atoms with Gasteiger partial charge in [-0.3, -0.25) is 4.79 Å². The third-order valence-electron chi connectivity index (χ3n) is 3.49. The van der Waals surface area contributed by atoms with Gasteiger partial charge in [-0.15, -0.1) is 0 Å². The molecule has 116 valence electrons.